The van der Waals surface area contributed by atoms with Gasteiger partial charge in [0.25, 0.3) is 0 Å². The average Bonchev–Trinajstić information content (AvgIpc) is 3.46. The predicted octanol–water partition coefficient (Wildman–Crippen LogP) is 2.97. The molecular formula is C22H29N3O2. The lowest BCUT2D eigenvalue weighted by Gasteiger charge is -2.43. The Morgan fingerprint density at radius 1 is 1.30 bits per heavy atom. The molecule has 2 saturated carbocycles. The van der Waals surface area contributed by atoms with E-state index >= 15 is 0 Å². The van der Waals surface area contributed by atoms with Crippen LogP contribution in [0.2, 0.25) is 0 Å². The Balaban J connectivity index is 1.30. The molecule has 5 nitrogen and oxygen atoms in total. The minimum Gasteiger partial charge on any atom is -0.350 e. The molecule has 2 amide bonds. The van der Waals surface area contributed by atoms with Gasteiger partial charge in [-0.3, -0.25) is 14.6 Å². The molecule has 2 aliphatic carbocycles. The van der Waals surface area contributed by atoms with E-state index in [4.69, 9.17) is 0 Å². The molecule has 5 heteroatoms. The first-order valence-corrected chi connectivity index (χ1v) is 10.3. The molecule has 1 aromatic rings. The number of allylic oxidation sites excluding steroid dienone is 1. The SMILES string of the molecule is CC1CCC(=CC(=O)NCC2CCN2C(=O)C2(c3cccnc3)CC2)CC1. The number of carbonyl (C=O) groups excluding carboxylic acids is 2. The molecule has 2 heterocycles. The van der Waals surface area contributed by atoms with Crippen LogP contribution in [0.1, 0.15) is 57.4 Å². The number of rotatable bonds is 5. The van der Waals surface area contributed by atoms with Gasteiger partial charge in [-0.2, -0.15) is 0 Å². The highest BCUT2D eigenvalue weighted by atomic mass is 16.2. The van der Waals surface area contributed by atoms with Crippen LogP contribution in [0.4, 0.5) is 0 Å². The minimum absolute atomic E-state index is 0.00718. The third kappa shape index (κ3) is 3.78. The smallest absolute Gasteiger partial charge is 0.244 e. The number of amides is 2. The number of nitrogens with zero attached hydrogens (tertiary/aromatic N) is 2. The van der Waals surface area contributed by atoms with Gasteiger partial charge in [-0.1, -0.05) is 18.6 Å². The molecule has 3 fully saturated rings. The number of nitrogens with one attached hydrogen (secondary N) is 1. The Morgan fingerprint density at radius 2 is 2.07 bits per heavy atom. The van der Waals surface area contributed by atoms with Crippen LogP contribution in [0.15, 0.2) is 36.2 Å². The second-order valence-corrected chi connectivity index (χ2v) is 8.50. The van der Waals surface area contributed by atoms with Crippen LogP contribution in [0.25, 0.3) is 0 Å². The van der Waals surface area contributed by atoms with Gasteiger partial charge >= 0.3 is 0 Å². The highest BCUT2D eigenvalue weighted by Gasteiger charge is 2.55. The standard InChI is InChI=1S/C22H29N3O2/c1-16-4-6-17(7-5-16)13-20(26)24-15-19-8-12-25(19)21(27)22(9-10-22)18-3-2-11-23-14-18/h2-3,11,13-14,16,19H,4-10,12,15H2,1H3,(H,24,26). The molecule has 0 aromatic carbocycles. The molecule has 0 bridgehead atoms. The Hall–Kier alpha value is -2.17. The van der Waals surface area contributed by atoms with E-state index in [2.05, 4.69) is 17.2 Å². The molecule has 0 radical (unpaired) electrons. The Kier molecular flexibility index (Phi) is 5.02. The molecule has 1 saturated heterocycles. The molecule has 4 rings (SSSR count). The van der Waals surface area contributed by atoms with E-state index in [-0.39, 0.29) is 23.3 Å². The van der Waals surface area contributed by atoms with E-state index in [9.17, 15) is 9.59 Å². The van der Waals surface area contributed by atoms with Crippen molar-refractivity contribution in [2.75, 3.05) is 13.1 Å². The Morgan fingerprint density at radius 3 is 2.67 bits per heavy atom. The summed E-state index contributed by atoms with van der Waals surface area (Å²) in [5, 5.41) is 3.02. The van der Waals surface area contributed by atoms with Crippen LogP contribution in [-0.2, 0) is 15.0 Å². The van der Waals surface area contributed by atoms with Crippen molar-refractivity contribution >= 4 is 11.8 Å². The molecule has 1 aliphatic heterocycles. The summed E-state index contributed by atoms with van der Waals surface area (Å²) in [5.74, 6) is 0.974. The first-order valence-electron chi connectivity index (χ1n) is 10.3. The molecule has 1 unspecified atom stereocenters. The molecule has 1 N–H and O–H groups in total. The fourth-order valence-electron chi connectivity index (χ4n) is 4.32. The summed E-state index contributed by atoms with van der Waals surface area (Å²) in [6.45, 7) is 3.62. The van der Waals surface area contributed by atoms with Gasteiger partial charge in [0.2, 0.25) is 11.8 Å². The van der Waals surface area contributed by atoms with E-state index < -0.39 is 0 Å². The van der Waals surface area contributed by atoms with Crippen LogP contribution >= 0.6 is 0 Å². The molecular weight excluding hydrogens is 338 g/mol. The molecule has 0 spiro atoms. The number of carbonyl (C=O) groups is 2. The summed E-state index contributed by atoms with van der Waals surface area (Å²) >= 11 is 0. The monoisotopic (exact) mass is 367 g/mol. The van der Waals surface area contributed by atoms with Crippen molar-refractivity contribution in [2.24, 2.45) is 5.92 Å². The number of hydrogen-bond acceptors (Lipinski definition) is 3. The maximum Gasteiger partial charge on any atom is 0.244 e. The largest absolute Gasteiger partial charge is 0.350 e. The van der Waals surface area contributed by atoms with E-state index in [0.29, 0.717) is 6.54 Å². The topological polar surface area (TPSA) is 62.3 Å². The number of pyridine rings is 1. The lowest BCUT2D eigenvalue weighted by Crippen LogP contribution is -2.58. The normalized spacial score (nSPS) is 26.1. The van der Waals surface area contributed by atoms with Gasteiger partial charge in [-0.25, -0.2) is 0 Å². The predicted molar refractivity (Wildman–Crippen MR) is 104 cm³/mol. The molecule has 3 aliphatic rings. The highest BCUT2D eigenvalue weighted by Crippen LogP contribution is 2.50. The zero-order valence-corrected chi connectivity index (χ0v) is 16.1. The quantitative estimate of drug-likeness (QED) is 0.814. The van der Waals surface area contributed by atoms with Gasteiger partial charge in [0.05, 0.1) is 11.5 Å². The maximum atomic E-state index is 13.1. The Bertz CT molecular complexity index is 729. The second-order valence-electron chi connectivity index (χ2n) is 8.50. The number of likely N-dealkylation sites (tertiary alicyclic amines) is 1. The van der Waals surface area contributed by atoms with Gasteiger partial charge in [0.15, 0.2) is 0 Å². The van der Waals surface area contributed by atoms with Crippen LogP contribution in [0.3, 0.4) is 0 Å². The van der Waals surface area contributed by atoms with Crippen molar-refractivity contribution in [1.29, 1.82) is 0 Å². The Labute approximate surface area is 161 Å². The zero-order valence-electron chi connectivity index (χ0n) is 16.1. The van der Waals surface area contributed by atoms with Gasteiger partial charge in [0, 0.05) is 31.6 Å². The van der Waals surface area contributed by atoms with E-state index in [1.54, 1.807) is 12.3 Å². The summed E-state index contributed by atoms with van der Waals surface area (Å²) in [4.78, 5) is 31.5. The maximum absolute atomic E-state index is 13.1. The van der Waals surface area contributed by atoms with E-state index in [1.807, 2.05) is 23.2 Å². The lowest BCUT2D eigenvalue weighted by molar-refractivity contribution is -0.142. The van der Waals surface area contributed by atoms with Gasteiger partial charge in [0.1, 0.15) is 0 Å². The van der Waals surface area contributed by atoms with Crippen LogP contribution in [-0.4, -0.2) is 40.8 Å². The number of hydrogen-bond donors (Lipinski definition) is 1. The average molecular weight is 367 g/mol. The molecule has 27 heavy (non-hydrogen) atoms. The van der Waals surface area contributed by atoms with Crippen molar-refractivity contribution in [3.05, 3.63) is 41.7 Å². The fraction of sp³-hybridized carbons (Fsp3) is 0.591. The summed E-state index contributed by atoms with van der Waals surface area (Å²) < 4.78 is 0. The highest BCUT2D eigenvalue weighted by molar-refractivity contribution is 5.92. The van der Waals surface area contributed by atoms with Crippen molar-refractivity contribution < 1.29 is 9.59 Å². The van der Waals surface area contributed by atoms with Crippen molar-refractivity contribution in [3.63, 3.8) is 0 Å². The first kappa shape index (κ1) is 18.2. The summed E-state index contributed by atoms with van der Waals surface area (Å²) in [5.41, 5.74) is 1.93. The first-order chi connectivity index (χ1) is 13.1. The molecule has 144 valence electrons. The van der Waals surface area contributed by atoms with Crippen LogP contribution < -0.4 is 5.32 Å². The lowest BCUT2D eigenvalue weighted by atomic mass is 9.87. The van der Waals surface area contributed by atoms with E-state index in [0.717, 1.165) is 50.1 Å². The summed E-state index contributed by atoms with van der Waals surface area (Å²) in [6, 6.07) is 4.03. The third-order valence-corrected chi connectivity index (χ3v) is 6.54. The van der Waals surface area contributed by atoms with Crippen LogP contribution in [0, 0.1) is 5.92 Å². The van der Waals surface area contributed by atoms with E-state index in [1.165, 1.54) is 18.4 Å². The second kappa shape index (κ2) is 7.45. The van der Waals surface area contributed by atoms with Crippen LogP contribution in [0.5, 0.6) is 0 Å². The minimum atomic E-state index is -0.363. The van der Waals surface area contributed by atoms with Crippen molar-refractivity contribution in [3.8, 4) is 0 Å². The summed E-state index contributed by atoms with van der Waals surface area (Å²) in [7, 11) is 0. The van der Waals surface area contributed by atoms with Gasteiger partial charge < -0.3 is 10.2 Å². The molecule has 1 aromatic heterocycles. The molecule has 1 atom stereocenters. The third-order valence-electron chi connectivity index (χ3n) is 6.54. The van der Waals surface area contributed by atoms with Crippen molar-refractivity contribution in [1.82, 2.24) is 15.2 Å². The number of aromatic nitrogens is 1. The van der Waals surface area contributed by atoms with Gasteiger partial charge in [-0.05, 0) is 62.5 Å². The van der Waals surface area contributed by atoms with Gasteiger partial charge in [-0.15, -0.1) is 0 Å². The van der Waals surface area contributed by atoms with Crippen molar-refractivity contribution in [2.45, 2.75) is 63.3 Å². The summed E-state index contributed by atoms with van der Waals surface area (Å²) in [6.07, 6.45) is 12.5. The fourth-order valence-corrected chi connectivity index (χ4v) is 4.32. The zero-order chi connectivity index (χ0) is 18.9.